The van der Waals surface area contributed by atoms with Crippen LogP contribution in [0.25, 0.3) is 0 Å². The van der Waals surface area contributed by atoms with Gasteiger partial charge < -0.3 is 10.1 Å². The fourth-order valence-electron chi connectivity index (χ4n) is 2.18. The first kappa shape index (κ1) is 13.9. The van der Waals surface area contributed by atoms with Crippen molar-refractivity contribution in [2.24, 2.45) is 0 Å². The Bertz CT molecular complexity index is 390. The third kappa shape index (κ3) is 3.50. The van der Waals surface area contributed by atoms with Gasteiger partial charge in [0.05, 0.1) is 18.5 Å². The highest BCUT2D eigenvalue weighted by Crippen LogP contribution is 2.27. The molecule has 1 unspecified atom stereocenters. The normalized spacial score (nSPS) is 17.5. The van der Waals surface area contributed by atoms with Crippen LogP contribution in [-0.2, 0) is 4.74 Å². The molecule has 0 saturated carbocycles. The lowest BCUT2D eigenvalue weighted by atomic mass is 10.00. The van der Waals surface area contributed by atoms with Crippen LogP contribution < -0.4 is 5.32 Å². The summed E-state index contributed by atoms with van der Waals surface area (Å²) < 4.78 is 5.23. The lowest BCUT2D eigenvalue weighted by Gasteiger charge is -2.28. The number of rotatable bonds is 6. The highest BCUT2D eigenvalue weighted by atomic mass is 32.2. The first-order chi connectivity index (χ1) is 8.70. The van der Waals surface area contributed by atoms with Crippen molar-refractivity contribution in [1.29, 1.82) is 0 Å². The zero-order chi connectivity index (χ0) is 13.0. The molecule has 1 aromatic carbocycles. The molecule has 0 amide bonds. The molecule has 1 fully saturated rings. The fraction of sp³-hybridized carbons (Fsp3) is 0.600. The van der Waals surface area contributed by atoms with Gasteiger partial charge in [0.25, 0.3) is 0 Å². The minimum atomic E-state index is 0.459. The van der Waals surface area contributed by atoms with Gasteiger partial charge in [-0.25, -0.2) is 0 Å². The summed E-state index contributed by atoms with van der Waals surface area (Å²) in [5.41, 5.74) is 4.18. The van der Waals surface area contributed by atoms with Gasteiger partial charge in [-0.1, -0.05) is 30.7 Å². The summed E-state index contributed by atoms with van der Waals surface area (Å²) >= 11 is 2.03. The highest BCUT2D eigenvalue weighted by Gasteiger charge is 2.21. The molecule has 18 heavy (non-hydrogen) atoms. The van der Waals surface area contributed by atoms with Gasteiger partial charge >= 0.3 is 0 Å². The Hall–Kier alpha value is -0.510. The number of aryl methyl sites for hydroxylation is 2. The lowest BCUT2D eigenvalue weighted by molar-refractivity contribution is 0.0455. The van der Waals surface area contributed by atoms with Gasteiger partial charge in [-0.2, -0.15) is 11.8 Å². The van der Waals surface area contributed by atoms with Crippen molar-refractivity contribution in [1.82, 2.24) is 5.32 Å². The van der Waals surface area contributed by atoms with Crippen LogP contribution >= 0.6 is 11.8 Å². The van der Waals surface area contributed by atoms with Crippen LogP contribution in [-0.4, -0.2) is 30.8 Å². The van der Waals surface area contributed by atoms with Crippen molar-refractivity contribution in [2.45, 2.75) is 32.1 Å². The molecule has 0 radical (unpaired) electrons. The van der Waals surface area contributed by atoms with Crippen molar-refractivity contribution in [2.75, 3.05) is 25.5 Å². The van der Waals surface area contributed by atoms with Gasteiger partial charge in [0.15, 0.2) is 0 Å². The number of hydrogen-bond donors (Lipinski definition) is 1. The van der Waals surface area contributed by atoms with E-state index in [1.165, 1.54) is 16.7 Å². The molecule has 1 aliphatic rings. The third-order valence-electron chi connectivity index (χ3n) is 3.37. The fourth-order valence-corrected chi connectivity index (χ4v) is 3.33. The summed E-state index contributed by atoms with van der Waals surface area (Å²) in [5.74, 6) is 1.13. The summed E-state index contributed by atoms with van der Waals surface area (Å²) in [6.07, 6.45) is 0. The van der Waals surface area contributed by atoms with Gasteiger partial charge in [0.2, 0.25) is 0 Å². The van der Waals surface area contributed by atoms with Crippen molar-refractivity contribution in [3.05, 3.63) is 34.9 Å². The zero-order valence-electron chi connectivity index (χ0n) is 11.5. The van der Waals surface area contributed by atoms with E-state index in [4.69, 9.17) is 4.74 Å². The summed E-state index contributed by atoms with van der Waals surface area (Å²) in [7, 11) is 0. The highest BCUT2D eigenvalue weighted by molar-refractivity contribution is 8.00. The molecule has 1 atom stereocenters. The predicted octanol–water partition coefficient (Wildman–Crippen LogP) is 3.09. The van der Waals surface area contributed by atoms with E-state index in [9.17, 15) is 0 Å². The van der Waals surface area contributed by atoms with Gasteiger partial charge in [0.1, 0.15) is 0 Å². The van der Waals surface area contributed by atoms with E-state index < -0.39 is 0 Å². The first-order valence-electron chi connectivity index (χ1n) is 6.70. The van der Waals surface area contributed by atoms with Crippen molar-refractivity contribution in [3.8, 4) is 0 Å². The molecule has 1 N–H and O–H groups in total. The maximum Gasteiger partial charge on any atom is 0.0607 e. The standard InChI is InChI=1S/C15H23NOS/c1-4-16-15(10-18-13-8-17-9-13)14-7-11(2)5-6-12(14)3/h5-7,13,15-16H,4,8-10H2,1-3H3. The Kier molecular flexibility index (Phi) is 5.10. The Morgan fingerprint density at radius 1 is 1.39 bits per heavy atom. The summed E-state index contributed by atoms with van der Waals surface area (Å²) in [5, 5.41) is 4.31. The molecule has 3 heteroatoms. The smallest absolute Gasteiger partial charge is 0.0607 e. The van der Waals surface area contributed by atoms with E-state index in [2.05, 4.69) is 44.3 Å². The van der Waals surface area contributed by atoms with Crippen molar-refractivity contribution < 1.29 is 4.74 Å². The van der Waals surface area contributed by atoms with E-state index in [0.29, 0.717) is 11.3 Å². The van der Waals surface area contributed by atoms with E-state index in [-0.39, 0.29) is 0 Å². The molecule has 0 bridgehead atoms. The average Bonchev–Trinajstić information content (AvgIpc) is 2.29. The molecular weight excluding hydrogens is 242 g/mol. The average molecular weight is 265 g/mol. The Balaban J connectivity index is 2.04. The molecule has 0 aliphatic carbocycles. The number of ether oxygens (including phenoxy) is 1. The molecule has 0 spiro atoms. The maximum absolute atomic E-state index is 5.23. The van der Waals surface area contributed by atoms with Crippen LogP contribution in [0.2, 0.25) is 0 Å². The molecule has 1 aromatic rings. The number of thioether (sulfide) groups is 1. The third-order valence-corrected chi connectivity index (χ3v) is 4.64. The SMILES string of the molecule is CCNC(CSC1COC1)c1cc(C)ccc1C. The van der Waals surface area contributed by atoms with Crippen molar-refractivity contribution >= 4 is 11.8 Å². The van der Waals surface area contributed by atoms with Crippen LogP contribution in [0.5, 0.6) is 0 Å². The number of benzene rings is 1. The minimum Gasteiger partial charge on any atom is -0.379 e. The summed E-state index contributed by atoms with van der Waals surface area (Å²) in [6, 6.07) is 7.20. The second-order valence-corrected chi connectivity index (χ2v) is 6.30. The second-order valence-electron chi connectivity index (χ2n) is 4.96. The molecule has 0 aromatic heterocycles. The predicted molar refractivity (Wildman–Crippen MR) is 79.4 cm³/mol. The van der Waals surface area contributed by atoms with Gasteiger partial charge in [0, 0.05) is 11.8 Å². The van der Waals surface area contributed by atoms with E-state index in [0.717, 1.165) is 25.5 Å². The molecular formula is C15H23NOS. The molecule has 2 rings (SSSR count). The van der Waals surface area contributed by atoms with Gasteiger partial charge in [-0.3, -0.25) is 0 Å². The van der Waals surface area contributed by atoms with E-state index in [1.54, 1.807) is 0 Å². The van der Waals surface area contributed by atoms with Crippen LogP contribution in [0.15, 0.2) is 18.2 Å². The van der Waals surface area contributed by atoms with E-state index in [1.807, 2.05) is 11.8 Å². The molecule has 1 saturated heterocycles. The molecule has 2 nitrogen and oxygen atoms in total. The maximum atomic E-state index is 5.23. The largest absolute Gasteiger partial charge is 0.379 e. The molecule has 1 heterocycles. The van der Waals surface area contributed by atoms with Crippen LogP contribution in [0.4, 0.5) is 0 Å². The molecule has 100 valence electrons. The number of hydrogen-bond acceptors (Lipinski definition) is 3. The molecule has 1 aliphatic heterocycles. The van der Waals surface area contributed by atoms with Crippen LogP contribution in [0, 0.1) is 13.8 Å². The topological polar surface area (TPSA) is 21.3 Å². The minimum absolute atomic E-state index is 0.459. The Morgan fingerprint density at radius 2 is 2.17 bits per heavy atom. The first-order valence-corrected chi connectivity index (χ1v) is 7.75. The monoisotopic (exact) mass is 265 g/mol. The Labute approximate surface area is 114 Å². The zero-order valence-corrected chi connectivity index (χ0v) is 12.3. The number of nitrogens with one attached hydrogen (secondary N) is 1. The van der Waals surface area contributed by atoms with Crippen LogP contribution in [0.1, 0.15) is 29.7 Å². The van der Waals surface area contributed by atoms with Crippen LogP contribution in [0.3, 0.4) is 0 Å². The lowest BCUT2D eigenvalue weighted by Crippen LogP contribution is -2.32. The second kappa shape index (κ2) is 6.60. The van der Waals surface area contributed by atoms with Gasteiger partial charge in [-0.05, 0) is 31.5 Å². The van der Waals surface area contributed by atoms with Crippen molar-refractivity contribution in [3.63, 3.8) is 0 Å². The quantitative estimate of drug-likeness (QED) is 0.854. The Morgan fingerprint density at radius 3 is 2.78 bits per heavy atom. The van der Waals surface area contributed by atoms with Gasteiger partial charge in [-0.15, -0.1) is 0 Å². The van der Waals surface area contributed by atoms with E-state index >= 15 is 0 Å². The summed E-state index contributed by atoms with van der Waals surface area (Å²) in [6.45, 7) is 9.41. The summed E-state index contributed by atoms with van der Waals surface area (Å²) in [4.78, 5) is 0.